The molecule has 1 N–H and O–H groups in total. The highest BCUT2D eigenvalue weighted by Crippen LogP contribution is 2.37. The normalized spacial score (nSPS) is 13.4. The molecule has 1 aromatic carbocycles. The number of halogens is 4. The van der Waals surface area contributed by atoms with Crippen LogP contribution in [0.2, 0.25) is 0 Å². The van der Waals surface area contributed by atoms with Crippen LogP contribution < -0.4 is 5.32 Å². The molecule has 0 spiro atoms. The molecule has 1 aromatic rings. The topological polar surface area (TPSA) is 12.0 Å². The molecule has 0 aromatic heterocycles. The van der Waals surface area contributed by atoms with Crippen LogP contribution in [0.4, 0.5) is 13.2 Å². The van der Waals surface area contributed by atoms with Gasteiger partial charge in [-0.2, -0.15) is 13.2 Å². The molecule has 1 unspecified atom stereocenters. The standard InChI is InChI=1S/C14H17BrF3N/c1-4-9(2)7-13(19-3)11-6-5-10(15)8-12(11)14(16,17)18/h5-6,8,13,19H,2,4,7H2,1,3H3. The third-order valence-corrected chi connectivity index (χ3v) is 3.53. The van der Waals surface area contributed by atoms with Crippen LogP contribution in [0.25, 0.3) is 0 Å². The van der Waals surface area contributed by atoms with Crippen molar-refractivity contribution in [3.05, 3.63) is 46.0 Å². The van der Waals surface area contributed by atoms with Crippen LogP contribution in [0, 0.1) is 0 Å². The first-order valence-corrected chi connectivity index (χ1v) is 6.79. The zero-order chi connectivity index (χ0) is 14.6. The van der Waals surface area contributed by atoms with Crippen molar-refractivity contribution in [3.8, 4) is 0 Å². The van der Waals surface area contributed by atoms with Crippen LogP contribution in [-0.4, -0.2) is 7.05 Å². The summed E-state index contributed by atoms with van der Waals surface area (Å²) in [6, 6.07) is 3.88. The van der Waals surface area contributed by atoms with Gasteiger partial charge in [0.05, 0.1) is 5.56 Å². The van der Waals surface area contributed by atoms with Crippen LogP contribution >= 0.6 is 15.9 Å². The van der Waals surface area contributed by atoms with Crippen molar-refractivity contribution in [1.29, 1.82) is 0 Å². The molecule has 0 fully saturated rings. The molecule has 0 bridgehead atoms. The minimum Gasteiger partial charge on any atom is -0.313 e. The molecule has 0 aliphatic carbocycles. The van der Waals surface area contributed by atoms with Crippen LogP contribution in [0.3, 0.4) is 0 Å². The molecule has 106 valence electrons. The van der Waals surface area contributed by atoms with Gasteiger partial charge in [0.25, 0.3) is 0 Å². The van der Waals surface area contributed by atoms with Crippen molar-refractivity contribution in [3.63, 3.8) is 0 Å². The Bertz CT molecular complexity index is 454. The highest BCUT2D eigenvalue weighted by Gasteiger charge is 2.35. The summed E-state index contributed by atoms with van der Waals surface area (Å²) in [6.07, 6.45) is -3.10. The van der Waals surface area contributed by atoms with E-state index in [-0.39, 0.29) is 11.6 Å². The SMILES string of the molecule is C=C(CC)CC(NC)c1ccc(Br)cc1C(F)(F)F. The van der Waals surface area contributed by atoms with Gasteiger partial charge in [-0.3, -0.25) is 0 Å². The van der Waals surface area contributed by atoms with Gasteiger partial charge in [-0.25, -0.2) is 0 Å². The van der Waals surface area contributed by atoms with E-state index in [2.05, 4.69) is 27.8 Å². The van der Waals surface area contributed by atoms with E-state index in [1.807, 2.05) is 6.92 Å². The van der Waals surface area contributed by atoms with Gasteiger partial charge in [0.15, 0.2) is 0 Å². The summed E-state index contributed by atoms with van der Waals surface area (Å²) in [4.78, 5) is 0. The van der Waals surface area contributed by atoms with Crippen LogP contribution in [-0.2, 0) is 6.18 Å². The third-order valence-electron chi connectivity index (χ3n) is 3.04. The lowest BCUT2D eigenvalue weighted by atomic mass is 9.94. The van der Waals surface area contributed by atoms with Gasteiger partial charge in [-0.1, -0.05) is 41.1 Å². The number of rotatable bonds is 5. The predicted octanol–water partition coefficient (Wildman–Crippen LogP) is 5.08. The Labute approximate surface area is 120 Å². The van der Waals surface area contributed by atoms with Crippen LogP contribution in [0.5, 0.6) is 0 Å². The van der Waals surface area contributed by atoms with Gasteiger partial charge >= 0.3 is 6.18 Å². The lowest BCUT2D eigenvalue weighted by molar-refractivity contribution is -0.138. The molecular weight excluding hydrogens is 319 g/mol. The highest BCUT2D eigenvalue weighted by atomic mass is 79.9. The molecule has 0 heterocycles. The second kappa shape index (κ2) is 6.57. The summed E-state index contributed by atoms with van der Waals surface area (Å²) < 4.78 is 39.6. The zero-order valence-electron chi connectivity index (χ0n) is 10.9. The Hall–Kier alpha value is -0.810. The summed E-state index contributed by atoms with van der Waals surface area (Å²) in [5, 5.41) is 2.94. The van der Waals surface area contributed by atoms with E-state index in [0.29, 0.717) is 10.9 Å². The largest absolute Gasteiger partial charge is 0.416 e. The highest BCUT2D eigenvalue weighted by molar-refractivity contribution is 9.10. The summed E-state index contributed by atoms with van der Waals surface area (Å²) in [6.45, 7) is 5.81. The zero-order valence-corrected chi connectivity index (χ0v) is 12.5. The number of hydrogen-bond acceptors (Lipinski definition) is 1. The Morgan fingerprint density at radius 1 is 1.42 bits per heavy atom. The number of nitrogens with one attached hydrogen (secondary N) is 1. The molecule has 0 radical (unpaired) electrons. The fraction of sp³-hybridized carbons (Fsp3) is 0.429. The lowest BCUT2D eigenvalue weighted by Gasteiger charge is -2.22. The van der Waals surface area contributed by atoms with Crippen molar-refractivity contribution in [1.82, 2.24) is 5.32 Å². The summed E-state index contributed by atoms with van der Waals surface area (Å²) >= 11 is 3.09. The first kappa shape index (κ1) is 16.2. The average Bonchev–Trinajstić information content (AvgIpc) is 2.34. The van der Waals surface area contributed by atoms with E-state index in [0.717, 1.165) is 18.1 Å². The van der Waals surface area contributed by atoms with E-state index < -0.39 is 11.7 Å². The van der Waals surface area contributed by atoms with Crippen molar-refractivity contribution >= 4 is 15.9 Å². The molecule has 0 amide bonds. The fourth-order valence-electron chi connectivity index (χ4n) is 1.88. The molecule has 19 heavy (non-hydrogen) atoms. The van der Waals surface area contributed by atoms with Crippen LogP contribution in [0.1, 0.15) is 36.9 Å². The van der Waals surface area contributed by atoms with E-state index in [9.17, 15) is 13.2 Å². The fourth-order valence-corrected chi connectivity index (χ4v) is 2.24. The number of benzene rings is 1. The van der Waals surface area contributed by atoms with Gasteiger partial charge in [-0.15, -0.1) is 0 Å². The molecule has 1 atom stereocenters. The maximum absolute atomic E-state index is 13.1. The van der Waals surface area contributed by atoms with Crippen molar-refractivity contribution < 1.29 is 13.2 Å². The molecule has 0 aliphatic rings. The molecule has 1 rings (SSSR count). The monoisotopic (exact) mass is 335 g/mol. The van der Waals surface area contributed by atoms with E-state index in [1.54, 1.807) is 13.1 Å². The quantitative estimate of drug-likeness (QED) is 0.739. The summed E-state index contributed by atoms with van der Waals surface area (Å²) in [7, 11) is 1.66. The number of hydrogen-bond donors (Lipinski definition) is 1. The van der Waals surface area contributed by atoms with Gasteiger partial charge < -0.3 is 5.32 Å². The second-order valence-corrected chi connectivity index (χ2v) is 5.29. The van der Waals surface area contributed by atoms with E-state index in [4.69, 9.17) is 0 Å². The summed E-state index contributed by atoms with van der Waals surface area (Å²) in [5.74, 6) is 0. The molecule has 0 aliphatic heterocycles. The second-order valence-electron chi connectivity index (χ2n) is 4.38. The van der Waals surface area contributed by atoms with Crippen molar-refractivity contribution in [2.75, 3.05) is 7.05 Å². The Balaban J connectivity index is 3.20. The maximum atomic E-state index is 13.1. The Morgan fingerprint density at radius 2 is 2.05 bits per heavy atom. The molecular formula is C14H17BrF3N. The predicted molar refractivity (Wildman–Crippen MR) is 75.0 cm³/mol. The van der Waals surface area contributed by atoms with Gasteiger partial charge in [-0.05, 0) is 37.6 Å². The number of alkyl halides is 3. The smallest absolute Gasteiger partial charge is 0.313 e. The first-order chi connectivity index (χ1) is 8.79. The minimum atomic E-state index is -4.36. The van der Waals surface area contributed by atoms with Gasteiger partial charge in [0.2, 0.25) is 0 Å². The van der Waals surface area contributed by atoms with Crippen LogP contribution in [0.15, 0.2) is 34.8 Å². The Morgan fingerprint density at radius 3 is 2.53 bits per heavy atom. The average molecular weight is 336 g/mol. The van der Waals surface area contributed by atoms with E-state index >= 15 is 0 Å². The van der Waals surface area contributed by atoms with E-state index in [1.165, 1.54) is 6.07 Å². The molecule has 1 nitrogen and oxygen atoms in total. The van der Waals surface area contributed by atoms with Crippen molar-refractivity contribution in [2.24, 2.45) is 0 Å². The minimum absolute atomic E-state index is 0.257. The van der Waals surface area contributed by atoms with Crippen molar-refractivity contribution in [2.45, 2.75) is 32.0 Å². The maximum Gasteiger partial charge on any atom is 0.416 e. The Kier molecular flexibility index (Phi) is 5.62. The first-order valence-electron chi connectivity index (χ1n) is 6.00. The molecule has 0 saturated heterocycles. The lowest BCUT2D eigenvalue weighted by Crippen LogP contribution is -2.21. The molecule has 0 saturated carbocycles. The summed E-state index contributed by atoms with van der Waals surface area (Å²) in [5.41, 5.74) is 0.577. The van der Waals surface area contributed by atoms with Gasteiger partial charge in [0.1, 0.15) is 0 Å². The van der Waals surface area contributed by atoms with Gasteiger partial charge in [0, 0.05) is 10.5 Å². The third kappa shape index (κ3) is 4.35. The molecule has 5 heteroatoms.